The lowest BCUT2D eigenvalue weighted by Gasteiger charge is -2.30. The molecule has 2 aromatic rings. The maximum Gasteiger partial charge on any atom is 0.365 e. The molecule has 1 heterocycles. The average molecular weight is 588 g/mol. The Morgan fingerprint density at radius 1 is 1.15 bits per heavy atom. The molecule has 18 heteroatoms. The molecule has 0 spiro atoms. The second-order valence-corrected chi connectivity index (χ2v) is 12.4. The summed E-state index contributed by atoms with van der Waals surface area (Å²) < 4.78 is 27.1. The second-order valence-electron chi connectivity index (χ2n) is 8.50. The number of aliphatic carboxylic acids is 2. The van der Waals surface area contributed by atoms with Crippen molar-refractivity contribution in [3.63, 3.8) is 0 Å². The summed E-state index contributed by atoms with van der Waals surface area (Å²) in [5.74, 6) is -5.04. The largest absolute Gasteiger partial charge is 0.480 e. The van der Waals surface area contributed by atoms with Crippen LogP contribution in [0.15, 0.2) is 34.0 Å². The van der Waals surface area contributed by atoms with Gasteiger partial charge in [0.05, 0.1) is 10.9 Å². The van der Waals surface area contributed by atoms with Crippen molar-refractivity contribution in [1.82, 2.24) is 30.4 Å². The van der Waals surface area contributed by atoms with E-state index in [0.717, 1.165) is 4.68 Å². The first-order chi connectivity index (χ1) is 18.1. The van der Waals surface area contributed by atoms with Crippen molar-refractivity contribution < 1.29 is 37.8 Å². The average Bonchev–Trinajstić information content (AvgIpc) is 3.19. The van der Waals surface area contributed by atoms with E-state index in [-0.39, 0.29) is 17.7 Å². The Labute approximate surface area is 226 Å². The number of aryl methyl sites for hydroxylation is 2. The van der Waals surface area contributed by atoms with E-state index in [4.69, 9.17) is 10.8 Å². The molecule has 1 aromatic carbocycles. The van der Waals surface area contributed by atoms with Gasteiger partial charge in [-0.3, -0.25) is 24.5 Å². The van der Waals surface area contributed by atoms with Crippen molar-refractivity contribution in [2.75, 3.05) is 12.3 Å². The summed E-state index contributed by atoms with van der Waals surface area (Å²) >= 11 is 0.568. The number of carbonyl (C=O) groups is 4. The fraction of sp³-hybridized carbons (Fsp3) is 0.476. The fourth-order valence-electron chi connectivity index (χ4n) is 3.41. The minimum absolute atomic E-state index is 0.123. The summed E-state index contributed by atoms with van der Waals surface area (Å²) in [7, 11) is -3.17. The van der Waals surface area contributed by atoms with Gasteiger partial charge in [-0.05, 0) is 42.3 Å². The molecule has 0 aliphatic carbocycles. The van der Waals surface area contributed by atoms with E-state index in [0.29, 0.717) is 22.0 Å². The van der Waals surface area contributed by atoms with E-state index >= 15 is 0 Å². The highest BCUT2D eigenvalue weighted by atomic mass is 32.3. The van der Waals surface area contributed by atoms with Crippen LogP contribution in [0.4, 0.5) is 0 Å². The van der Waals surface area contributed by atoms with Crippen molar-refractivity contribution in [1.29, 1.82) is 0 Å². The minimum atomic E-state index is -4.43. The van der Waals surface area contributed by atoms with Crippen molar-refractivity contribution in [2.24, 2.45) is 12.8 Å². The molecule has 16 nitrogen and oxygen atoms in total. The van der Waals surface area contributed by atoms with Gasteiger partial charge in [-0.1, -0.05) is 18.2 Å². The number of amides is 2. The maximum absolute atomic E-state index is 13.9. The predicted octanol–water partition coefficient (Wildman–Crippen LogP) is -2.00. The van der Waals surface area contributed by atoms with Gasteiger partial charge in [0.1, 0.15) is 12.6 Å². The first-order valence-corrected chi connectivity index (χ1v) is 13.8. The van der Waals surface area contributed by atoms with Crippen molar-refractivity contribution in [3.8, 4) is 0 Å². The highest BCUT2D eigenvalue weighted by molar-refractivity contribution is 8.13. The molecule has 6 N–H and O–H groups in total. The van der Waals surface area contributed by atoms with Crippen molar-refractivity contribution in [2.45, 2.75) is 47.9 Å². The lowest BCUT2D eigenvalue weighted by molar-refractivity contribution is -0.141. The van der Waals surface area contributed by atoms with E-state index in [2.05, 4.69) is 21.1 Å². The van der Waals surface area contributed by atoms with Gasteiger partial charge in [-0.15, -0.1) is 11.8 Å². The standard InChI is InChI=1S/C21H29N7O9S2/c1-12-6-4-5-7-15(12)39(36,37)21(2,28-20(35)27(3)25-26-28)38-11-14(18(32)23-10-17(30)31)24-13(19(33)34)8-9-16(22)29/h4-7,13-14,24H,8-11H2,1-3H3,(H2,22,29)(H,23,32)(H,30,31)(H,33,34)/t13-,14-,21?/m0/s1. The predicted molar refractivity (Wildman–Crippen MR) is 137 cm³/mol. The van der Waals surface area contributed by atoms with Crippen LogP contribution in [0.25, 0.3) is 0 Å². The number of nitrogens with zero attached hydrogens (tertiary/aromatic N) is 4. The Balaban J connectivity index is 2.54. The summed E-state index contributed by atoms with van der Waals surface area (Å²) in [6.07, 6.45) is -0.643. The van der Waals surface area contributed by atoms with Gasteiger partial charge in [0.25, 0.3) is 0 Å². The number of carboxylic acids is 2. The Bertz CT molecular complexity index is 1410. The summed E-state index contributed by atoms with van der Waals surface area (Å²) in [6, 6.07) is 3.05. The van der Waals surface area contributed by atoms with Crippen molar-refractivity contribution >= 4 is 45.4 Å². The molecule has 0 radical (unpaired) electrons. The SMILES string of the molecule is Cc1ccccc1S(=O)(=O)C(C)(SC[C@H](N[C@@H](CCC(N)=O)C(=O)O)C(=O)NCC(=O)O)n1nnn(C)c1=O. The Morgan fingerprint density at radius 2 is 1.79 bits per heavy atom. The van der Waals surface area contributed by atoms with Gasteiger partial charge in [-0.2, -0.15) is 9.36 Å². The van der Waals surface area contributed by atoms with Crippen LogP contribution in [0.5, 0.6) is 0 Å². The number of rotatable bonds is 15. The molecular formula is C21H29N7O9S2. The van der Waals surface area contributed by atoms with Gasteiger partial charge in [-0.25, -0.2) is 13.2 Å². The molecule has 0 aliphatic heterocycles. The first kappa shape index (κ1) is 31.4. The van der Waals surface area contributed by atoms with Gasteiger partial charge in [0.15, 0.2) is 0 Å². The molecule has 39 heavy (non-hydrogen) atoms. The summed E-state index contributed by atoms with van der Waals surface area (Å²) in [6.45, 7) is 1.93. The molecule has 2 rings (SSSR count). The number of nitrogens with one attached hydrogen (secondary N) is 2. The number of carbonyl (C=O) groups excluding carboxylic acids is 2. The van der Waals surface area contributed by atoms with Crippen molar-refractivity contribution in [3.05, 3.63) is 40.3 Å². The van der Waals surface area contributed by atoms with Gasteiger partial charge < -0.3 is 21.3 Å². The highest BCUT2D eigenvalue weighted by Crippen LogP contribution is 2.40. The van der Waals surface area contributed by atoms with E-state index in [1.165, 1.54) is 26.1 Å². The summed E-state index contributed by atoms with van der Waals surface area (Å²) in [5, 5.41) is 30.4. The van der Waals surface area contributed by atoms with Crippen LogP contribution in [0, 0.1) is 6.92 Å². The number of sulfone groups is 1. The normalized spacial score (nSPS) is 14.6. The Kier molecular flexibility index (Phi) is 10.4. The maximum atomic E-state index is 13.9. The Morgan fingerprint density at radius 3 is 2.31 bits per heavy atom. The molecule has 1 aromatic heterocycles. The third-order valence-electron chi connectivity index (χ3n) is 5.62. The Hall–Kier alpha value is -3.77. The molecule has 3 atom stereocenters. The monoisotopic (exact) mass is 587 g/mol. The zero-order chi connectivity index (χ0) is 29.5. The number of carboxylic acid groups (broad SMARTS) is 2. The van der Waals surface area contributed by atoms with Crippen LogP contribution in [0.2, 0.25) is 0 Å². The molecular weight excluding hydrogens is 558 g/mol. The minimum Gasteiger partial charge on any atom is -0.480 e. The van der Waals surface area contributed by atoms with Gasteiger partial charge in [0, 0.05) is 19.2 Å². The number of primary amides is 1. The number of aromatic nitrogens is 4. The summed E-state index contributed by atoms with van der Waals surface area (Å²) in [5.41, 5.74) is 4.59. The number of tetrazole rings is 1. The quantitative estimate of drug-likeness (QED) is 0.151. The zero-order valence-electron chi connectivity index (χ0n) is 21.2. The molecule has 2 amide bonds. The van der Waals surface area contributed by atoms with Crippen LogP contribution in [-0.4, -0.2) is 86.6 Å². The number of thioether (sulfide) groups is 1. The van der Waals surface area contributed by atoms with Gasteiger partial charge in [0.2, 0.25) is 25.9 Å². The van der Waals surface area contributed by atoms with Gasteiger partial charge >= 0.3 is 17.6 Å². The number of benzene rings is 1. The zero-order valence-corrected chi connectivity index (χ0v) is 22.9. The van der Waals surface area contributed by atoms with Crippen LogP contribution in [0.1, 0.15) is 25.3 Å². The molecule has 0 aliphatic rings. The van der Waals surface area contributed by atoms with Crippen LogP contribution in [0.3, 0.4) is 0 Å². The molecule has 214 valence electrons. The van der Waals surface area contributed by atoms with Crippen LogP contribution >= 0.6 is 11.8 Å². The lowest BCUT2D eigenvalue weighted by Crippen LogP contribution is -2.54. The third kappa shape index (κ3) is 7.42. The number of nitrogens with two attached hydrogens (primary N) is 1. The summed E-state index contributed by atoms with van der Waals surface area (Å²) in [4.78, 5) is 59.5. The molecule has 0 bridgehead atoms. The van der Waals surface area contributed by atoms with E-state index in [1.807, 2.05) is 0 Å². The molecule has 0 saturated heterocycles. The molecule has 0 saturated carbocycles. The first-order valence-electron chi connectivity index (χ1n) is 11.3. The molecule has 1 unspecified atom stereocenters. The third-order valence-corrected chi connectivity index (χ3v) is 10.0. The van der Waals surface area contributed by atoms with E-state index in [1.54, 1.807) is 19.1 Å². The van der Waals surface area contributed by atoms with Crippen LogP contribution in [-0.2, 0) is 40.3 Å². The number of hydrogen-bond acceptors (Lipinski definition) is 11. The topological polar surface area (TPSA) is 246 Å². The fourth-order valence-corrected chi connectivity index (χ4v) is 6.97. The smallest absolute Gasteiger partial charge is 0.365 e. The van der Waals surface area contributed by atoms with Crippen LogP contribution < -0.4 is 22.1 Å². The lowest BCUT2D eigenvalue weighted by atomic mass is 10.1. The number of hydrogen-bond donors (Lipinski definition) is 5. The molecule has 0 fully saturated rings. The van der Waals surface area contributed by atoms with E-state index < -0.39 is 67.9 Å². The highest BCUT2D eigenvalue weighted by Gasteiger charge is 2.47. The van der Waals surface area contributed by atoms with E-state index in [9.17, 15) is 37.5 Å². The second kappa shape index (κ2) is 12.9.